The number of aromatic nitrogens is 6. The average molecular weight is 275 g/mol. The second-order valence-electron chi connectivity index (χ2n) is 3.65. The minimum atomic E-state index is -0.171. The molecule has 3 aromatic heterocycles. The minimum Gasteiger partial charge on any atom is -0.346 e. The van der Waals surface area contributed by atoms with Gasteiger partial charge in [-0.25, -0.2) is 0 Å². The first-order valence-corrected chi connectivity index (χ1v) is 6.30. The maximum atomic E-state index is 12.1. The smallest absolute Gasteiger partial charge is 0.263 e. The molecular weight excluding hydrogens is 266 g/mol. The molecule has 3 aromatic rings. The van der Waals surface area contributed by atoms with E-state index in [0.717, 1.165) is 5.69 Å². The molecule has 0 aromatic carbocycles. The fourth-order valence-electron chi connectivity index (χ4n) is 1.56. The van der Waals surface area contributed by atoms with Crippen molar-refractivity contribution in [2.45, 2.75) is 6.54 Å². The first-order valence-electron chi connectivity index (χ1n) is 5.42. The second kappa shape index (κ2) is 4.98. The highest BCUT2D eigenvalue weighted by molar-refractivity contribution is 7.12. The van der Waals surface area contributed by atoms with Crippen molar-refractivity contribution in [3.63, 3.8) is 0 Å². The van der Waals surface area contributed by atoms with Crippen molar-refractivity contribution in [2.75, 3.05) is 0 Å². The molecule has 0 saturated carbocycles. The molecule has 0 saturated heterocycles. The molecule has 0 bridgehead atoms. The van der Waals surface area contributed by atoms with Crippen LogP contribution in [0.25, 0.3) is 5.69 Å². The van der Waals surface area contributed by atoms with Gasteiger partial charge in [-0.3, -0.25) is 9.89 Å². The Morgan fingerprint density at radius 1 is 1.47 bits per heavy atom. The molecule has 2 N–H and O–H groups in total. The van der Waals surface area contributed by atoms with Crippen molar-refractivity contribution in [2.24, 2.45) is 0 Å². The molecule has 96 valence electrons. The van der Waals surface area contributed by atoms with Gasteiger partial charge >= 0.3 is 0 Å². The maximum absolute atomic E-state index is 12.1. The van der Waals surface area contributed by atoms with Crippen molar-refractivity contribution in [1.82, 2.24) is 35.7 Å². The zero-order valence-corrected chi connectivity index (χ0v) is 10.5. The second-order valence-corrected chi connectivity index (χ2v) is 4.57. The summed E-state index contributed by atoms with van der Waals surface area (Å²) in [6.45, 7) is 0.395. The summed E-state index contributed by atoms with van der Waals surface area (Å²) in [4.78, 5) is 12.7. The van der Waals surface area contributed by atoms with E-state index in [-0.39, 0.29) is 5.91 Å². The third-order valence-corrected chi connectivity index (χ3v) is 3.35. The van der Waals surface area contributed by atoms with Gasteiger partial charge in [0.25, 0.3) is 5.91 Å². The minimum absolute atomic E-state index is 0.171. The van der Waals surface area contributed by atoms with E-state index in [1.165, 1.54) is 22.3 Å². The van der Waals surface area contributed by atoms with Crippen LogP contribution in [0.15, 0.2) is 30.0 Å². The topological polar surface area (TPSA) is 101 Å². The number of aromatic amines is 1. The quantitative estimate of drug-likeness (QED) is 0.716. The van der Waals surface area contributed by atoms with Crippen LogP contribution < -0.4 is 5.32 Å². The average Bonchev–Trinajstić information content (AvgIpc) is 3.14. The van der Waals surface area contributed by atoms with Crippen LogP contribution >= 0.6 is 11.3 Å². The number of carbonyl (C=O) groups is 1. The number of nitrogens with zero attached hydrogens (tertiary/aromatic N) is 5. The number of nitrogens with one attached hydrogen (secondary N) is 2. The Bertz CT molecular complexity index is 658. The Hall–Kier alpha value is -2.55. The first kappa shape index (κ1) is 11.5. The van der Waals surface area contributed by atoms with Gasteiger partial charge < -0.3 is 5.32 Å². The molecule has 0 fully saturated rings. The molecule has 3 heterocycles. The Morgan fingerprint density at radius 2 is 2.42 bits per heavy atom. The van der Waals surface area contributed by atoms with E-state index in [1.807, 2.05) is 5.38 Å². The van der Waals surface area contributed by atoms with Gasteiger partial charge in [-0.1, -0.05) is 0 Å². The van der Waals surface area contributed by atoms with Gasteiger partial charge in [-0.15, -0.1) is 16.4 Å². The summed E-state index contributed by atoms with van der Waals surface area (Å²) in [6.07, 6.45) is 3.09. The van der Waals surface area contributed by atoms with Crippen molar-refractivity contribution < 1.29 is 4.79 Å². The lowest BCUT2D eigenvalue weighted by atomic mass is 10.3. The molecule has 0 aliphatic heterocycles. The van der Waals surface area contributed by atoms with Gasteiger partial charge in [0.2, 0.25) is 0 Å². The molecule has 8 nitrogen and oxygen atoms in total. The summed E-state index contributed by atoms with van der Waals surface area (Å²) in [5, 5.41) is 22.1. The fraction of sp³-hybridized carbons (Fsp3) is 0.100. The van der Waals surface area contributed by atoms with Crippen molar-refractivity contribution in [3.8, 4) is 5.69 Å². The molecule has 19 heavy (non-hydrogen) atoms. The molecule has 0 radical (unpaired) electrons. The number of hydrogen-bond acceptors (Lipinski definition) is 6. The van der Waals surface area contributed by atoms with Crippen LogP contribution in [0.4, 0.5) is 0 Å². The third kappa shape index (κ3) is 2.36. The van der Waals surface area contributed by atoms with Crippen LogP contribution in [0.5, 0.6) is 0 Å². The van der Waals surface area contributed by atoms with E-state index in [9.17, 15) is 4.79 Å². The van der Waals surface area contributed by atoms with Crippen LogP contribution in [0, 0.1) is 0 Å². The van der Waals surface area contributed by atoms with Crippen molar-refractivity contribution >= 4 is 17.2 Å². The number of tetrazole rings is 1. The molecule has 3 rings (SSSR count). The molecule has 0 spiro atoms. The summed E-state index contributed by atoms with van der Waals surface area (Å²) in [6, 6.07) is 3.60. The fourth-order valence-corrected chi connectivity index (χ4v) is 2.36. The summed E-state index contributed by atoms with van der Waals surface area (Å²) >= 11 is 1.34. The van der Waals surface area contributed by atoms with Crippen molar-refractivity contribution in [3.05, 3.63) is 40.6 Å². The largest absolute Gasteiger partial charge is 0.346 e. The Balaban J connectivity index is 1.75. The zero-order chi connectivity index (χ0) is 13.1. The number of thiophene rings is 1. The van der Waals surface area contributed by atoms with E-state index in [1.54, 1.807) is 18.3 Å². The van der Waals surface area contributed by atoms with Gasteiger partial charge in [0.05, 0.1) is 17.9 Å². The Labute approximate surface area is 111 Å². The first-order chi connectivity index (χ1) is 9.34. The highest BCUT2D eigenvalue weighted by Gasteiger charge is 2.15. The lowest BCUT2D eigenvalue weighted by Gasteiger charge is -2.04. The highest BCUT2D eigenvalue weighted by Crippen LogP contribution is 2.19. The Morgan fingerprint density at radius 3 is 3.16 bits per heavy atom. The van der Waals surface area contributed by atoms with Gasteiger partial charge in [-0.05, 0) is 27.9 Å². The normalized spacial score (nSPS) is 10.5. The van der Waals surface area contributed by atoms with Crippen LogP contribution in [0.1, 0.15) is 15.4 Å². The summed E-state index contributed by atoms with van der Waals surface area (Å²) in [5.41, 5.74) is 1.51. The van der Waals surface area contributed by atoms with E-state index in [2.05, 4.69) is 31.0 Å². The van der Waals surface area contributed by atoms with E-state index in [4.69, 9.17) is 0 Å². The third-order valence-electron chi connectivity index (χ3n) is 2.44. The molecule has 9 heteroatoms. The van der Waals surface area contributed by atoms with Crippen LogP contribution in [-0.2, 0) is 6.54 Å². The number of carbonyl (C=O) groups excluding carboxylic acids is 1. The molecule has 1 amide bonds. The molecule has 0 aliphatic carbocycles. The number of rotatable bonds is 4. The predicted molar refractivity (Wildman–Crippen MR) is 66.8 cm³/mol. The summed E-state index contributed by atoms with van der Waals surface area (Å²) in [7, 11) is 0. The van der Waals surface area contributed by atoms with Gasteiger partial charge in [0.1, 0.15) is 11.2 Å². The zero-order valence-electron chi connectivity index (χ0n) is 9.65. The van der Waals surface area contributed by atoms with Crippen LogP contribution in [0.2, 0.25) is 0 Å². The van der Waals surface area contributed by atoms with Crippen LogP contribution in [-0.4, -0.2) is 36.3 Å². The van der Waals surface area contributed by atoms with E-state index in [0.29, 0.717) is 17.1 Å². The van der Waals surface area contributed by atoms with E-state index < -0.39 is 0 Å². The lowest BCUT2D eigenvalue weighted by Crippen LogP contribution is -2.23. The van der Waals surface area contributed by atoms with Gasteiger partial charge in [0.15, 0.2) is 0 Å². The van der Waals surface area contributed by atoms with Crippen LogP contribution in [0.3, 0.4) is 0 Å². The molecular formula is C10H9N7OS. The maximum Gasteiger partial charge on any atom is 0.263 e. The number of H-pyrrole nitrogens is 1. The lowest BCUT2D eigenvalue weighted by molar-refractivity contribution is 0.0954. The molecule has 0 unspecified atom stereocenters. The number of amides is 1. The monoisotopic (exact) mass is 275 g/mol. The predicted octanol–water partition coefficient (Wildman–Crippen LogP) is 0.377. The van der Waals surface area contributed by atoms with E-state index >= 15 is 0 Å². The van der Waals surface area contributed by atoms with Crippen molar-refractivity contribution in [1.29, 1.82) is 0 Å². The Kier molecular flexibility index (Phi) is 3.02. The standard InChI is InChI=1S/C10H9N7OS/c18-10(11-5-7-1-3-12-14-7)9-8(2-4-19-9)17-6-13-15-16-17/h1-4,6H,5H2,(H,11,18)(H,12,14). The molecule has 0 atom stereocenters. The number of hydrogen-bond donors (Lipinski definition) is 2. The highest BCUT2D eigenvalue weighted by atomic mass is 32.1. The van der Waals surface area contributed by atoms with Gasteiger partial charge in [-0.2, -0.15) is 9.78 Å². The summed E-state index contributed by atoms with van der Waals surface area (Å²) < 4.78 is 1.46. The molecule has 0 aliphatic rings. The summed E-state index contributed by atoms with van der Waals surface area (Å²) in [5.74, 6) is -0.171. The SMILES string of the molecule is O=C(NCc1ccn[nH]1)c1sccc1-n1cnnn1. The van der Waals surface area contributed by atoms with Gasteiger partial charge in [0, 0.05) is 6.20 Å².